The Bertz CT molecular complexity index is 329. The molecular weight excluding hydrogens is 277 g/mol. The summed E-state index contributed by atoms with van der Waals surface area (Å²) in [5, 5.41) is 10.5. The van der Waals surface area contributed by atoms with Gasteiger partial charge in [0.15, 0.2) is 11.5 Å². The van der Waals surface area contributed by atoms with Crippen LogP contribution in [-0.4, -0.2) is 13.1 Å². The fourth-order valence-corrected chi connectivity index (χ4v) is 1.09. The Labute approximate surface area is 133 Å². The first-order valence-electron chi connectivity index (χ1n) is 3.45. The van der Waals surface area contributed by atoms with Crippen LogP contribution in [0.5, 0.6) is 11.5 Å². The monoisotopic (exact) mass is 284 g/mol. The summed E-state index contributed by atoms with van der Waals surface area (Å²) in [4.78, 5) is 10.5. The number of hydrogen-bond acceptors (Lipinski definition) is 4. The van der Waals surface area contributed by atoms with Gasteiger partial charge in [0.25, 0.3) is 0 Å². The predicted octanol–water partition coefficient (Wildman–Crippen LogP) is -2.77. The molecule has 0 aromatic heterocycles. The molecule has 0 spiro atoms. The number of ether oxygens (including phenoxy) is 1. The van der Waals surface area contributed by atoms with E-state index in [4.69, 9.17) is 9.26 Å². The second-order valence-corrected chi connectivity index (χ2v) is 2.51. The molecule has 0 aliphatic carbocycles. The summed E-state index contributed by atoms with van der Waals surface area (Å²) >= 11 is 0. The number of carboxylic acid groups (broad SMARTS) is 1. The number of methoxy groups -OCH3 is 1. The molecule has 1 rings (SSSR count). The maximum absolute atomic E-state index is 10.5. The molecule has 0 saturated heterocycles. The second-order valence-electron chi connectivity index (χ2n) is 2.27. The molecule has 0 radical (unpaired) electrons. The Morgan fingerprint density at radius 2 is 2.07 bits per heavy atom. The largest absolute Gasteiger partial charge is 1.00 e. The van der Waals surface area contributed by atoms with E-state index >= 15 is 0 Å². The summed E-state index contributed by atoms with van der Waals surface area (Å²) < 4.78 is 9.75. The third-order valence-electron chi connectivity index (χ3n) is 1.53. The van der Waals surface area contributed by atoms with Crippen molar-refractivity contribution >= 4 is 15.4 Å². The van der Waals surface area contributed by atoms with Gasteiger partial charge in [0, 0.05) is 5.56 Å². The van der Waals surface area contributed by atoms with E-state index in [1.165, 1.54) is 25.3 Å². The molecule has 0 fully saturated rings. The quantitative estimate of drug-likeness (QED) is 0.564. The minimum Gasteiger partial charge on any atom is -0.545 e. The van der Waals surface area contributed by atoms with Crippen LogP contribution in [0.2, 0.25) is 0 Å². The van der Waals surface area contributed by atoms with Crippen LogP contribution in [-0.2, 0) is 0 Å². The number of aromatic carboxylic acids is 1. The molecular formula is C8H8O4PRb. The van der Waals surface area contributed by atoms with Gasteiger partial charge in [-0.05, 0) is 18.2 Å². The molecule has 0 saturated carbocycles. The summed E-state index contributed by atoms with van der Waals surface area (Å²) in [7, 11) is 3.49. The number of carboxylic acids is 1. The minimum atomic E-state index is -1.24. The van der Waals surface area contributed by atoms with Crippen molar-refractivity contribution in [1.82, 2.24) is 0 Å². The van der Waals surface area contributed by atoms with E-state index in [0.29, 0.717) is 11.5 Å². The van der Waals surface area contributed by atoms with E-state index in [1.54, 1.807) is 0 Å². The third kappa shape index (κ3) is 3.59. The van der Waals surface area contributed by atoms with Crippen LogP contribution < -0.4 is 72.6 Å². The average Bonchev–Trinajstić information content (AvgIpc) is 2.16. The number of rotatable bonds is 3. The van der Waals surface area contributed by atoms with Crippen molar-refractivity contribution in [2.24, 2.45) is 0 Å². The summed E-state index contributed by atoms with van der Waals surface area (Å²) in [5.74, 6) is -0.428. The molecule has 0 aliphatic rings. The minimum absolute atomic E-state index is 0. The van der Waals surface area contributed by atoms with Crippen LogP contribution in [0.15, 0.2) is 18.2 Å². The molecule has 0 amide bonds. The Morgan fingerprint density at radius 3 is 2.50 bits per heavy atom. The molecule has 4 nitrogen and oxygen atoms in total. The first kappa shape index (κ1) is 14.5. The SMILES string of the molecule is COc1cc(C(=O)[O-])ccc1OP.[Rb+]. The molecule has 1 atom stereocenters. The van der Waals surface area contributed by atoms with Crippen molar-refractivity contribution in [2.75, 3.05) is 7.11 Å². The Balaban J connectivity index is 0.00000169. The van der Waals surface area contributed by atoms with E-state index in [0.717, 1.165) is 0 Å². The standard InChI is InChI=1S/C8H9O4P.Rb/c1-11-7-4-5(8(9)10)2-3-6(7)12-13;/h2-4H,13H2,1H3,(H,9,10);/q;+1/p-1. The van der Waals surface area contributed by atoms with Gasteiger partial charge in [-0.25, -0.2) is 0 Å². The molecule has 1 aromatic rings. The van der Waals surface area contributed by atoms with Gasteiger partial charge in [0.2, 0.25) is 0 Å². The molecule has 1 unspecified atom stereocenters. The number of carbonyl (C=O) groups excluding carboxylic acids is 1. The van der Waals surface area contributed by atoms with E-state index in [1.807, 2.05) is 0 Å². The molecule has 0 aliphatic heterocycles. The van der Waals surface area contributed by atoms with Gasteiger partial charge in [-0.2, -0.15) is 0 Å². The van der Waals surface area contributed by atoms with Crippen molar-refractivity contribution in [2.45, 2.75) is 0 Å². The van der Waals surface area contributed by atoms with Crippen LogP contribution in [0.3, 0.4) is 0 Å². The number of hydrogen-bond donors (Lipinski definition) is 0. The summed E-state index contributed by atoms with van der Waals surface area (Å²) in [5.41, 5.74) is 0.0580. The second kappa shape index (κ2) is 6.91. The Morgan fingerprint density at radius 1 is 1.43 bits per heavy atom. The molecule has 0 heterocycles. The molecule has 1 aromatic carbocycles. The number of benzene rings is 1. The Hall–Kier alpha value is 0.525. The van der Waals surface area contributed by atoms with Gasteiger partial charge in [-0.3, -0.25) is 0 Å². The summed E-state index contributed by atoms with van der Waals surface area (Å²) in [6, 6.07) is 4.23. The fourth-order valence-electron chi connectivity index (χ4n) is 0.892. The van der Waals surface area contributed by atoms with Crippen LogP contribution in [0.1, 0.15) is 10.4 Å². The maximum atomic E-state index is 10.5. The van der Waals surface area contributed by atoms with Gasteiger partial charge >= 0.3 is 58.2 Å². The first-order chi connectivity index (χ1) is 6.19. The summed E-state index contributed by atoms with van der Waals surface area (Å²) in [6.45, 7) is 0. The van der Waals surface area contributed by atoms with Crippen molar-refractivity contribution in [1.29, 1.82) is 0 Å². The van der Waals surface area contributed by atoms with Crippen LogP contribution in [0.25, 0.3) is 0 Å². The van der Waals surface area contributed by atoms with Crippen molar-refractivity contribution < 1.29 is 77.3 Å². The molecule has 70 valence electrons. The Kier molecular flexibility index (Phi) is 7.17. The van der Waals surface area contributed by atoms with E-state index in [-0.39, 0.29) is 63.8 Å². The zero-order valence-electron chi connectivity index (χ0n) is 7.94. The van der Waals surface area contributed by atoms with Crippen LogP contribution >= 0.6 is 9.47 Å². The van der Waals surface area contributed by atoms with Gasteiger partial charge in [-0.15, -0.1) is 0 Å². The zero-order chi connectivity index (χ0) is 9.84. The van der Waals surface area contributed by atoms with Gasteiger partial charge in [0.05, 0.1) is 22.5 Å². The van der Waals surface area contributed by atoms with Gasteiger partial charge in [0.1, 0.15) is 0 Å². The van der Waals surface area contributed by atoms with Gasteiger partial charge in [-0.1, -0.05) is 0 Å². The topological polar surface area (TPSA) is 58.6 Å². The van der Waals surface area contributed by atoms with Crippen molar-refractivity contribution in [3.05, 3.63) is 23.8 Å². The van der Waals surface area contributed by atoms with Crippen molar-refractivity contribution in [3.8, 4) is 11.5 Å². The van der Waals surface area contributed by atoms with E-state index < -0.39 is 5.97 Å². The van der Waals surface area contributed by atoms with Crippen molar-refractivity contribution in [3.63, 3.8) is 0 Å². The fraction of sp³-hybridized carbons (Fsp3) is 0.125. The zero-order valence-corrected chi connectivity index (χ0v) is 14.0. The third-order valence-corrected chi connectivity index (χ3v) is 1.78. The molecule has 14 heavy (non-hydrogen) atoms. The predicted molar refractivity (Wildman–Crippen MR) is 47.7 cm³/mol. The normalized spacial score (nSPS) is 8.71. The molecule has 0 N–H and O–H groups in total. The van der Waals surface area contributed by atoms with Crippen LogP contribution in [0, 0.1) is 0 Å². The average molecular weight is 285 g/mol. The van der Waals surface area contributed by atoms with E-state index in [2.05, 4.69) is 9.47 Å². The van der Waals surface area contributed by atoms with E-state index in [9.17, 15) is 9.90 Å². The number of carbonyl (C=O) groups is 1. The van der Waals surface area contributed by atoms with Gasteiger partial charge < -0.3 is 19.2 Å². The van der Waals surface area contributed by atoms with Crippen LogP contribution in [0.4, 0.5) is 0 Å². The maximum Gasteiger partial charge on any atom is 1.00 e. The molecule has 6 heteroatoms. The molecule has 0 bridgehead atoms. The summed E-state index contributed by atoms with van der Waals surface area (Å²) in [6.07, 6.45) is 0. The first-order valence-corrected chi connectivity index (χ1v) is 3.92. The smallest absolute Gasteiger partial charge is 0.545 e.